The molecule has 0 aliphatic carbocycles. The van der Waals surface area contributed by atoms with E-state index in [0.29, 0.717) is 6.61 Å². The van der Waals surface area contributed by atoms with Crippen LogP contribution < -0.4 is 15.4 Å². The van der Waals surface area contributed by atoms with Crippen LogP contribution in [-0.4, -0.2) is 36.1 Å². The zero-order chi connectivity index (χ0) is 14.1. The lowest BCUT2D eigenvalue weighted by Crippen LogP contribution is -2.33. The van der Waals surface area contributed by atoms with Gasteiger partial charge in [-0.1, -0.05) is 41.3 Å². The fourth-order valence-electron chi connectivity index (χ4n) is 2.03. The van der Waals surface area contributed by atoms with Crippen LogP contribution in [0.4, 0.5) is 5.13 Å². The van der Waals surface area contributed by atoms with Gasteiger partial charge in [-0.3, -0.25) is 0 Å². The van der Waals surface area contributed by atoms with Gasteiger partial charge in [-0.15, -0.1) is 10.2 Å². The number of nitrogens with zero attached hydrogens (tertiary/aromatic N) is 3. The summed E-state index contributed by atoms with van der Waals surface area (Å²) >= 11 is 3.22. The average Bonchev–Trinajstić information content (AvgIpc) is 2.91. The smallest absolute Gasteiger partial charge is 0.208 e. The minimum atomic E-state index is -0.0448. The van der Waals surface area contributed by atoms with Gasteiger partial charge >= 0.3 is 0 Å². The number of rotatable bonds is 3. The van der Waals surface area contributed by atoms with E-state index in [2.05, 4.69) is 10.2 Å². The Morgan fingerprint density at radius 2 is 2.15 bits per heavy atom. The molecule has 2 atom stereocenters. The third kappa shape index (κ3) is 2.61. The largest absolute Gasteiger partial charge is 0.492 e. The van der Waals surface area contributed by atoms with Crippen molar-refractivity contribution in [3.63, 3.8) is 0 Å². The van der Waals surface area contributed by atoms with Gasteiger partial charge in [0.15, 0.2) is 4.34 Å². The van der Waals surface area contributed by atoms with Crippen molar-refractivity contribution in [1.29, 1.82) is 0 Å². The summed E-state index contributed by atoms with van der Waals surface area (Å²) < 4.78 is 6.71. The highest BCUT2D eigenvalue weighted by molar-refractivity contribution is 8.01. The number of ether oxygens (including phenoxy) is 1. The molecule has 0 fully saturated rings. The molecule has 0 saturated heterocycles. The van der Waals surface area contributed by atoms with Gasteiger partial charge in [0.05, 0.1) is 5.25 Å². The maximum atomic E-state index is 6.35. The maximum absolute atomic E-state index is 6.35. The van der Waals surface area contributed by atoms with Crippen molar-refractivity contribution in [3.8, 4) is 5.75 Å². The minimum absolute atomic E-state index is 0.0448. The molecule has 1 aromatic carbocycles. The first-order valence-corrected chi connectivity index (χ1v) is 7.99. The summed E-state index contributed by atoms with van der Waals surface area (Å²) in [6.45, 7) is 0.597. The van der Waals surface area contributed by atoms with Gasteiger partial charge in [-0.25, -0.2) is 0 Å². The van der Waals surface area contributed by atoms with E-state index in [0.717, 1.165) is 20.8 Å². The molecule has 1 aromatic heterocycles. The van der Waals surface area contributed by atoms with Crippen LogP contribution in [0, 0.1) is 0 Å². The predicted molar refractivity (Wildman–Crippen MR) is 82.7 cm³/mol. The number of hydrogen-bond acceptors (Lipinski definition) is 7. The lowest BCUT2D eigenvalue weighted by molar-refractivity contribution is 0.276. The third-order valence-corrected chi connectivity index (χ3v) is 5.55. The van der Waals surface area contributed by atoms with E-state index in [9.17, 15) is 0 Å². The predicted octanol–water partition coefficient (Wildman–Crippen LogP) is 2.16. The second kappa shape index (κ2) is 5.59. The van der Waals surface area contributed by atoms with Gasteiger partial charge in [-0.2, -0.15) is 0 Å². The van der Waals surface area contributed by atoms with Crippen molar-refractivity contribution < 1.29 is 4.74 Å². The highest BCUT2D eigenvalue weighted by Gasteiger charge is 2.29. The molecule has 106 valence electrons. The Balaban J connectivity index is 1.75. The quantitative estimate of drug-likeness (QED) is 0.937. The molecule has 0 radical (unpaired) electrons. The zero-order valence-corrected chi connectivity index (χ0v) is 12.9. The topological polar surface area (TPSA) is 64.3 Å². The van der Waals surface area contributed by atoms with Crippen LogP contribution in [0.1, 0.15) is 11.6 Å². The van der Waals surface area contributed by atoms with E-state index >= 15 is 0 Å². The van der Waals surface area contributed by atoms with Gasteiger partial charge in [-0.05, 0) is 6.07 Å². The summed E-state index contributed by atoms with van der Waals surface area (Å²) in [5, 5.41) is 9.40. The Morgan fingerprint density at radius 1 is 1.35 bits per heavy atom. The Kier molecular flexibility index (Phi) is 3.82. The molecule has 3 rings (SSSR count). The summed E-state index contributed by atoms with van der Waals surface area (Å²) in [5.41, 5.74) is 7.41. The fourth-order valence-corrected chi connectivity index (χ4v) is 4.10. The summed E-state index contributed by atoms with van der Waals surface area (Å²) in [6, 6.07) is 7.90. The van der Waals surface area contributed by atoms with Gasteiger partial charge in [0.25, 0.3) is 0 Å². The first-order valence-electron chi connectivity index (χ1n) is 6.30. The van der Waals surface area contributed by atoms with Crippen LogP contribution >= 0.6 is 23.1 Å². The Morgan fingerprint density at radius 3 is 2.90 bits per heavy atom. The molecule has 2 N–H and O–H groups in total. The number of thioether (sulfide) groups is 1. The lowest BCUT2D eigenvalue weighted by Gasteiger charge is -2.29. The van der Waals surface area contributed by atoms with Crippen molar-refractivity contribution >= 4 is 28.2 Å². The second-order valence-corrected chi connectivity index (χ2v) is 7.22. The molecule has 0 amide bonds. The number of benzene rings is 1. The normalized spacial score (nSPS) is 21.1. The number of para-hydroxylation sites is 1. The van der Waals surface area contributed by atoms with Gasteiger partial charge in [0.1, 0.15) is 12.4 Å². The van der Waals surface area contributed by atoms with Crippen LogP contribution in [0.2, 0.25) is 0 Å². The number of fused-ring (bicyclic) bond motifs is 1. The number of aromatic nitrogens is 2. The number of anilines is 1. The molecule has 0 spiro atoms. The SMILES string of the molecule is CN(C)c1nnc(SC2COc3ccccc3C2N)s1. The van der Waals surface area contributed by atoms with Crippen LogP contribution in [-0.2, 0) is 0 Å². The van der Waals surface area contributed by atoms with Crippen molar-refractivity contribution in [2.45, 2.75) is 15.6 Å². The highest BCUT2D eigenvalue weighted by atomic mass is 32.2. The maximum Gasteiger partial charge on any atom is 0.208 e. The first-order chi connectivity index (χ1) is 9.65. The third-order valence-electron chi connectivity index (χ3n) is 3.11. The average molecular weight is 308 g/mol. The number of hydrogen-bond donors (Lipinski definition) is 1. The highest BCUT2D eigenvalue weighted by Crippen LogP contribution is 2.39. The molecular formula is C13H16N4OS2. The van der Waals surface area contributed by atoms with Crippen molar-refractivity contribution in [1.82, 2.24) is 10.2 Å². The molecule has 1 aliphatic rings. The molecule has 2 aromatic rings. The van der Waals surface area contributed by atoms with E-state index < -0.39 is 0 Å². The Hall–Kier alpha value is -1.31. The van der Waals surface area contributed by atoms with Gasteiger partial charge < -0.3 is 15.4 Å². The molecule has 2 unspecified atom stereocenters. The summed E-state index contributed by atoms with van der Waals surface area (Å²) in [6.07, 6.45) is 0. The number of nitrogens with two attached hydrogens (primary N) is 1. The standard InChI is InChI=1S/C13H16N4OS2/c1-17(2)12-15-16-13(20-12)19-10-7-18-9-6-4-3-5-8(9)11(10)14/h3-6,10-11H,7,14H2,1-2H3. The summed E-state index contributed by atoms with van der Waals surface area (Å²) in [5.74, 6) is 0.892. The molecule has 0 bridgehead atoms. The van der Waals surface area contributed by atoms with Crippen molar-refractivity contribution in [2.75, 3.05) is 25.6 Å². The zero-order valence-electron chi connectivity index (χ0n) is 11.3. The molecule has 7 heteroatoms. The molecule has 5 nitrogen and oxygen atoms in total. The van der Waals surface area contributed by atoms with Crippen LogP contribution in [0.15, 0.2) is 28.6 Å². The van der Waals surface area contributed by atoms with Crippen LogP contribution in [0.3, 0.4) is 0 Å². The van der Waals surface area contributed by atoms with Crippen LogP contribution in [0.5, 0.6) is 5.75 Å². The van der Waals surface area contributed by atoms with E-state index in [-0.39, 0.29) is 11.3 Å². The first kappa shape index (κ1) is 13.7. The summed E-state index contributed by atoms with van der Waals surface area (Å²) in [4.78, 5) is 1.95. The van der Waals surface area contributed by atoms with Crippen LogP contribution in [0.25, 0.3) is 0 Å². The van der Waals surface area contributed by atoms with Gasteiger partial charge in [0, 0.05) is 25.7 Å². The van der Waals surface area contributed by atoms with Crippen molar-refractivity contribution in [2.24, 2.45) is 5.73 Å². The summed E-state index contributed by atoms with van der Waals surface area (Å²) in [7, 11) is 3.92. The molecule has 1 aliphatic heterocycles. The fraction of sp³-hybridized carbons (Fsp3) is 0.385. The molecule has 0 saturated carbocycles. The monoisotopic (exact) mass is 308 g/mol. The molecular weight excluding hydrogens is 292 g/mol. The molecule has 2 heterocycles. The minimum Gasteiger partial charge on any atom is -0.492 e. The molecule has 20 heavy (non-hydrogen) atoms. The van der Waals surface area contributed by atoms with E-state index in [1.165, 1.54) is 0 Å². The Labute approximate surface area is 126 Å². The van der Waals surface area contributed by atoms with E-state index in [4.69, 9.17) is 10.5 Å². The van der Waals surface area contributed by atoms with Crippen molar-refractivity contribution in [3.05, 3.63) is 29.8 Å². The lowest BCUT2D eigenvalue weighted by atomic mass is 10.0. The second-order valence-electron chi connectivity index (χ2n) is 4.78. The van der Waals surface area contributed by atoms with Gasteiger partial charge in [0.2, 0.25) is 5.13 Å². The Bertz CT molecular complexity index is 602. The van der Waals surface area contributed by atoms with E-state index in [1.807, 2.05) is 43.3 Å². The van der Waals surface area contributed by atoms with E-state index in [1.54, 1.807) is 23.1 Å².